The number of hydrogen-bond donors (Lipinski definition) is 1. The lowest BCUT2D eigenvalue weighted by Crippen LogP contribution is -2.54. The summed E-state index contributed by atoms with van der Waals surface area (Å²) in [5.41, 5.74) is 7.28. The third-order valence-electron chi connectivity index (χ3n) is 5.18. The Morgan fingerprint density at radius 3 is 2.46 bits per heavy atom. The number of hydrogen-bond acceptors (Lipinski definition) is 4. The van der Waals surface area contributed by atoms with E-state index in [4.69, 9.17) is 10.5 Å². The van der Waals surface area contributed by atoms with E-state index in [9.17, 15) is 4.79 Å². The SMILES string of the molecule is CC1CN(C2CCN(C(=O)C(N)Cc3ccccc3)CC2)CCO1.Cl.Cl. The Hall–Kier alpha value is -0.850. The van der Waals surface area contributed by atoms with Crippen LogP contribution in [0.2, 0.25) is 0 Å². The number of piperidine rings is 1. The molecular formula is C19H31Cl2N3O2. The average Bonchev–Trinajstić information content (AvgIpc) is 2.62. The molecule has 1 aromatic carbocycles. The van der Waals surface area contributed by atoms with Crippen molar-refractivity contribution in [3.05, 3.63) is 35.9 Å². The smallest absolute Gasteiger partial charge is 0.239 e. The Morgan fingerprint density at radius 1 is 1.19 bits per heavy atom. The fraction of sp³-hybridized carbons (Fsp3) is 0.632. The molecule has 2 unspecified atom stereocenters. The second kappa shape index (κ2) is 11.1. The lowest BCUT2D eigenvalue weighted by atomic mass is 10.00. The van der Waals surface area contributed by atoms with Gasteiger partial charge in [0.25, 0.3) is 0 Å². The third kappa shape index (κ3) is 6.10. The van der Waals surface area contributed by atoms with Gasteiger partial charge in [-0.2, -0.15) is 0 Å². The van der Waals surface area contributed by atoms with E-state index in [2.05, 4.69) is 11.8 Å². The first-order valence-corrected chi connectivity index (χ1v) is 9.07. The van der Waals surface area contributed by atoms with Gasteiger partial charge in [0, 0.05) is 32.2 Å². The van der Waals surface area contributed by atoms with E-state index in [1.54, 1.807) is 0 Å². The van der Waals surface area contributed by atoms with Gasteiger partial charge in [0.1, 0.15) is 0 Å². The fourth-order valence-electron chi connectivity index (χ4n) is 3.82. The number of morpholine rings is 1. The summed E-state index contributed by atoms with van der Waals surface area (Å²) in [7, 11) is 0. The molecule has 2 aliphatic rings. The molecular weight excluding hydrogens is 373 g/mol. The van der Waals surface area contributed by atoms with Crippen LogP contribution in [0, 0.1) is 0 Å². The number of nitrogens with zero attached hydrogens (tertiary/aromatic N) is 2. The molecule has 2 saturated heterocycles. The van der Waals surface area contributed by atoms with Crippen LogP contribution in [0.3, 0.4) is 0 Å². The predicted molar refractivity (Wildman–Crippen MR) is 109 cm³/mol. The molecule has 2 aliphatic heterocycles. The van der Waals surface area contributed by atoms with E-state index in [0.717, 1.165) is 51.2 Å². The minimum Gasteiger partial charge on any atom is -0.376 e. The number of nitrogens with two attached hydrogens (primary N) is 1. The molecule has 1 aromatic rings. The fourth-order valence-corrected chi connectivity index (χ4v) is 3.82. The molecule has 2 atom stereocenters. The van der Waals surface area contributed by atoms with Crippen molar-refractivity contribution < 1.29 is 9.53 Å². The molecule has 2 N–H and O–H groups in total. The lowest BCUT2D eigenvalue weighted by Gasteiger charge is -2.42. The topological polar surface area (TPSA) is 58.8 Å². The van der Waals surface area contributed by atoms with Gasteiger partial charge in [-0.25, -0.2) is 0 Å². The molecule has 0 aliphatic carbocycles. The molecule has 7 heteroatoms. The highest BCUT2D eigenvalue weighted by Gasteiger charge is 2.30. The van der Waals surface area contributed by atoms with Crippen LogP contribution in [0.1, 0.15) is 25.3 Å². The van der Waals surface area contributed by atoms with E-state index < -0.39 is 6.04 Å². The van der Waals surface area contributed by atoms with Crippen molar-refractivity contribution in [2.75, 3.05) is 32.8 Å². The zero-order valence-corrected chi connectivity index (χ0v) is 17.0. The van der Waals surface area contributed by atoms with E-state index >= 15 is 0 Å². The van der Waals surface area contributed by atoms with Crippen LogP contribution in [-0.2, 0) is 16.0 Å². The summed E-state index contributed by atoms with van der Waals surface area (Å²) in [6.45, 7) is 6.60. The second-order valence-corrected chi connectivity index (χ2v) is 7.03. The first-order chi connectivity index (χ1) is 11.6. The third-order valence-corrected chi connectivity index (χ3v) is 5.18. The van der Waals surface area contributed by atoms with Crippen LogP contribution >= 0.6 is 24.8 Å². The van der Waals surface area contributed by atoms with E-state index in [1.807, 2.05) is 35.2 Å². The first-order valence-electron chi connectivity index (χ1n) is 9.07. The molecule has 5 nitrogen and oxygen atoms in total. The summed E-state index contributed by atoms with van der Waals surface area (Å²) in [6, 6.07) is 10.1. The number of benzene rings is 1. The zero-order chi connectivity index (χ0) is 16.9. The molecule has 0 saturated carbocycles. The number of amides is 1. The largest absolute Gasteiger partial charge is 0.376 e. The molecule has 0 radical (unpaired) electrons. The molecule has 0 bridgehead atoms. The highest BCUT2D eigenvalue weighted by Crippen LogP contribution is 2.20. The van der Waals surface area contributed by atoms with Crippen LogP contribution in [0.5, 0.6) is 0 Å². The Kier molecular flexibility index (Phi) is 9.90. The number of ether oxygens (including phenoxy) is 1. The number of carbonyl (C=O) groups is 1. The highest BCUT2D eigenvalue weighted by atomic mass is 35.5. The van der Waals surface area contributed by atoms with Gasteiger partial charge in [-0.05, 0) is 31.7 Å². The molecule has 2 fully saturated rings. The van der Waals surface area contributed by atoms with Gasteiger partial charge >= 0.3 is 0 Å². The van der Waals surface area contributed by atoms with Crippen LogP contribution < -0.4 is 5.73 Å². The maximum absolute atomic E-state index is 12.6. The molecule has 0 spiro atoms. The van der Waals surface area contributed by atoms with Crippen molar-refractivity contribution in [2.24, 2.45) is 5.73 Å². The Balaban J connectivity index is 0.00000169. The van der Waals surface area contributed by atoms with E-state index in [1.165, 1.54) is 0 Å². The average molecular weight is 404 g/mol. The number of carbonyl (C=O) groups excluding carboxylic acids is 1. The summed E-state index contributed by atoms with van der Waals surface area (Å²) in [6.07, 6.45) is 3.01. The molecule has 148 valence electrons. The Labute approximate surface area is 169 Å². The number of rotatable bonds is 4. The minimum absolute atomic E-state index is 0. The summed E-state index contributed by atoms with van der Waals surface area (Å²) >= 11 is 0. The molecule has 26 heavy (non-hydrogen) atoms. The van der Waals surface area contributed by atoms with Gasteiger partial charge in [0.05, 0.1) is 18.8 Å². The van der Waals surface area contributed by atoms with Crippen LogP contribution in [-0.4, -0.2) is 66.7 Å². The molecule has 2 heterocycles. The van der Waals surface area contributed by atoms with Gasteiger partial charge in [-0.15, -0.1) is 24.8 Å². The van der Waals surface area contributed by atoms with Crippen molar-refractivity contribution >= 4 is 30.7 Å². The van der Waals surface area contributed by atoms with E-state index in [0.29, 0.717) is 18.6 Å². The monoisotopic (exact) mass is 403 g/mol. The van der Waals surface area contributed by atoms with Crippen LogP contribution in [0.4, 0.5) is 0 Å². The van der Waals surface area contributed by atoms with Crippen LogP contribution in [0.15, 0.2) is 30.3 Å². The van der Waals surface area contributed by atoms with Gasteiger partial charge in [-0.3, -0.25) is 9.69 Å². The molecule has 1 amide bonds. The summed E-state index contributed by atoms with van der Waals surface area (Å²) in [5.74, 6) is 0.0904. The van der Waals surface area contributed by atoms with Gasteiger partial charge in [-0.1, -0.05) is 30.3 Å². The maximum Gasteiger partial charge on any atom is 0.239 e. The van der Waals surface area contributed by atoms with Gasteiger partial charge in [0.15, 0.2) is 0 Å². The van der Waals surface area contributed by atoms with Gasteiger partial charge < -0.3 is 15.4 Å². The summed E-state index contributed by atoms with van der Waals surface area (Å²) in [5, 5.41) is 0. The second-order valence-electron chi connectivity index (χ2n) is 7.03. The highest BCUT2D eigenvalue weighted by molar-refractivity contribution is 5.85. The van der Waals surface area contributed by atoms with Crippen molar-refractivity contribution in [3.63, 3.8) is 0 Å². The van der Waals surface area contributed by atoms with Crippen molar-refractivity contribution in [1.29, 1.82) is 0 Å². The Morgan fingerprint density at radius 2 is 1.85 bits per heavy atom. The standard InChI is InChI=1S/C19H29N3O2.2ClH/c1-15-14-22(11-12-24-15)17-7-9-21(10-8-17)19(23)18(20)13-16-5-3-2-4-6-16;;/h2-6,15,17-18H,7-14,20H2,1H3;2*1H. The summed E-state index contributed by atoms with van der Waals surface area (Å²) in [4.78, 5) is 17.1. The summed E-state index contributed by atoms with van der Waals surface area (Å²) < 4.78 is 5.62. The molecule has 0 aromatic heterocycles. The Bertz CT molecular complexity index is 539. The van der Waals surface area contributed by atoms with Crippen molar-refractivity contribution in [2.45, 2.75) is 44.4 Å². The number of halogens is 2. The lowest BCUT2D eigenvalue weighted by molar-refractivity contribution is -0.134. The van der Waals surface area contributed by atoms with Gasteiger partial charge in [0.2, 0.25) is 5.91 Å². The quantitative estimate of drug-likeness (QED) is 0.835. The first kappa shape index (κ1) is 23.2. The van der Waals surface area contributed by atoms with Crippen molar-refractivity contribution in [1.82, 2.24) is 9.80 Å². The number of likely N-dealkylation sites (tertiary alicyclic amines) is 1. The van der Waals surface area contributed by atoms with Crippen LogP contribution in [0.25, 0.3) is 0 Å². The van der Waals surface area contributed by atoms with Crippen molar-refractivity contribution in [3.8, 4) is 0 Å². The maximum atomic E-state index is 12.6. The molecule has 3 rings (SSSR count). The minimum atomic E-state index is -0.438. The predicted octanol–water partition coefficient (Wildman–Crippen LogP) is 2.11. The normalized spacial score (nSPS) is 22.8. The van der Waals surface area contributed by atoms with E-state index in [-0.39, 0.29) is 30.7 Å². The zero-order valence-electron chi connectivity index (χ0n) is 15.4.